The maximum atomic E-state index is 11.0. The summed E-state index contributed by atoms with van der Waals surface area (Å²) in [5.41, 5.74) is 0.629. The van der Waals surface area contributed by atoms with Gasteiger partial charge in [0.1, 0.15) is 0 Å². The van der Waals surface area contributed by atoms with Gasteiger partial charge in [-0.05, 0) is 12.1 Å². The fourth-order valence-corrected chi connectivity index (χ4v) is 2.11. The minimum absolute atomic E-state index is 0.0553. The molecule has 1 saturated heterocycles. The standard InChI is InChI=1S/C10H11BrN2O3/c1-16-8-3-5(11)2-6(9(8)14)7-4-12-10(15)13-7/h2-3,7,14H,4H2,1H3,(H2,12,13,15)/t7-/m1/s1. The first-order chi connectivity index (χ1) is 7.61. The molecule has 0 aromatic heterocycles. The van der Waals surface area contributed by atoms with E-state index in [0.717, 1.165) is 4.47 Å². The highest BCUT2D eigenvalue weighted by molar-refractivity contribution is 9.10. The molecule has 0 radical (unpaired) electrons. The SMILES string of the molecule is COc1cc(Br)cc([C@H]2CNC(=O)N2)c1O. The molecule has 0 unspecified atom stereocenters. The van der Waals surface area contributed by atoms with Crippen molar-refractivity contribution in [3.05, 3.63) is 22.2 Å². The van der Waals surface area contributed by atoms with Crippen LogP contribution >= 0.6 is 15.9 Å². The molecule has 0 saturated carbocycles. The zero-order chi connectivity index (χ0) is 11.7. The number of carbonyl (C=O) groups excluding carboxylic acids is 1. The van der Waals surface area contributed by atoms with Crippen LogP contribution < -0.4 is 15.4 Å². The number of aromatic hydroxyl groups is 1. The quantitative estimate of drug-likeness (QED) is 0.772. The smallest absolute Gasteiger partial charge is 0.315 e. The Kier molecular flexibility index (Phi) is 2.91. The summed E-state index contributed by atoms with van der Waals surface area (Å²) in [5.74, 6) is 0.435. The third-order valence-electron chi connectivity index (χ3n) is 2.44. The van der Waals surface area contributed by atoms with Gasteiger partial charge in [-0.3, -0.25) is 0 Å². The monoisotopic (exact) mass is 286 g/mol. The number of nitrogens with one attached hydrogen (secondary N) is 2. The maximum absolute atomic E-state index is 11.0. The number of ether oxygens (including phenoxy) is 1. The number of hydrogen-bond acceptors (Lipinski definition) is 3. The molecule has 0 aliphatic carbocycles. The number of phenols is 1. The van der Waals surface area contributed by atoms with Gasteiger partial charge in [0, 0.05) is 16.6 Å². The average Bonchev–Trinajstić information content (AvgIpc) is 2.67. The summed E-state index contributed by atoms with van der Waals surface area (Å²) >= 11 is 3.33. The molecule has 1 aliphatic heterocycles. The van der Waals surface area contributed by atoms with E-state index in [9.17, 15) is 9.90 Å². The summed E-state index contributed by atoms with van der Waals surface area (Å²) in [6, 6.07) is 2.96. The lowest BCUT2D eigenvalue weighted by Crippen LogP contribution is -2.21. The van der Waals surface area contributed by atoms with Gasteiger partial charge < -0.3 is 20.5 Å². The largest absolute Gasteiger partial charge is 0.504 e. The van der Waals surface area contributed by atoms with E-state index in [4.69, 9.17) is 4.74 Å². The average molecular weight is 287 g/mol. The second-order valence-electron chi connectivity index (χ2n) is 3.45. The van der Waals surface area contributed by atoms with Gasteiger partial charge in [-0.15, -0.1) is 0 Å². The van der Waals surface area contributed by atoms with E-state index in [1.807, 2.05) is 0 Å². The summed E-state index contributed by atoms with van der Waals surface area (Å²) in [5, 5.41) is 15.3. The maximum Gasteiger partial charge on any atom is 0.315 e. The molecule has 1 heterocycles. The number of halogens is 1. The zero-order valence-corrected chi connectivity index (χ0v) is 10.2. The Bertz CT molecular complexity index is 436. The number of amides is 2. The summed E-state index contributed by atoms with van der Waals surface area (Å²) in [4.78, 5) is 11.0. The lowest BCUT2D eigenvalue weighted by molar-refractivity contribution is 0.247. The number of carbonyl (C=O) groups is 1. The Morgan fingerprint density at radius 1 is 1.56 bits per heavy atom. The van der Waals surface area contributed by atoms with Crippen molar-refractivity contribution < 1.29 is 14.6 Å². The molecule has 16 heavy (non-hydrogen) atoms. The second-order valence-corrected chi connectivity index (χ2v) is 4.37. The van der Waals surface area contributed by atoms with Crippen LogP contribution in [0.3, 0.4) is 0 Å². The first-order valence-electron chi connectivity index (χ1n) is 4.72. The van der Waals surface area contributed by atoms with Gasteiger partial charge in [0.05, 0.1) is 13.2 Å². The van der Waals surface area contributed by atoms with Crippen LogP contribution in [0.1, 0.15) is 11.6 Å². The van der Waals surface area contributed by atoms with Gasteiger partial charge in [0.15, 0.2) is 11.5 Å². The summed E-state index contributed by atoms with van der Waals surface area (Å²) in [6.45, 7) is 0.450. The van der Waals surface area contributed by atoms with E-state index in [1.165, 1.54) is 7.11 Å². The predicted molar refractivity (Wildman–Crippen MR) is 61.6 cm³/mol. The second kappa shape index (κ2) is 4.21. The number of urea groups is 1. The highest BCUT2D eigenvalue weighted by Crippen LogP contribution is 2.37. The lowest BCUT2D eigenvalue weighted by atomic mass is 10.1. The number of rotatable bonds is 2. The Morgan fingerprint density at radius 3 is 2.88 bits per heavy atom. The minimum Gasteiger partial charge on any atom is -0.504 e. The highest BCUT2D eigenvalue weighted by Gasteiger charge is 2.25. The predicted octanol–water partition coefficient (Wildman–Crippen LogP) is 1.52. The van der Waals surface area contributed by atoms with E-state index in [-0.39, 0.29) is 17.8 Å². The van der Waals surface area contributed by atoms with Crippen molar-refractivity contribution in [1.29, 1.82) is 0 Å². The molecular formula is C10H11BrN2O3. The molecule has 0 spiro atoms. The number of methoxy groups -OCH3 is 1. The van der Waals surface area contributed by atoms with E-state index in [1.54, 1.807) is 12.1 Å². The summed E-state index contributed by atoms with van der Waals surface area (Å²) in [7, 11) is 1.48. The molecule has 2 rings (SSSR count). The van der Waals surface area contributed by atoms with Crippen molar-refractivity contribution in [1.82, 2.24) is 10.6 Å². The van der Waals surface area contributed by atoms with Gasteiger partial charge in [-0.1, -0.05) is 15.9 Å². The Hall–Kier alpha value is -1.43. The van der Waals surface area contributed by atoms with Crippen LogP contribution in [0, 0.1) is 0 Å². The van der Waals surface area contributed by atoms with Gasteiger partial charge in [-0.25, -0.2) is 4.79 Å². The Labute approximate surface area is 101 Å². The number of benzene rings is 1. The normalized spacial score (nSPS) is 19.1. The molecule has 3 N–H and O–H groups in total. The van der Waals surface area contributed by atoms with Crippen LogP contribution in [-0.4, -0.2) is 24.8 Å². The first kappa shape index (κ1) is 11.1. The van der Waals surface area contributed by atoms with Crippen LogP contribution in [0.2, 0.25) is 0 Å². The molecule has 1 aromatic rings. The molecule has 6 heteroatoms. The van der Waals surface area contributed by atoms with Crippen LogP contribution in [0.4, 0.5) is 4.79 Å². The van der Waals surface area contributed by atoms with Crippen molar-refractivity contribution in [2.45, 2.75) is 6.04 Å². The molecule has 1 fully saturated rings. The molecular weight excluding hydrogens is 276 g/mol. The molecule has 2 amide bonds. The number of hydrogen-bond donors (Lipinski definition) is 3. The lowest BCUT2D eigenvalue weighted by Gasteiger charge is -2.14. The van der Waals surface area contributed by atoms with Crippen LogP contribution in [0.15, 0.2) is 16.6 Å². The van der Waals surface area contributed by atoms with Crippen molar-refractivity contribution in [3.63, 3.8) is 0 Å². The first-order valence-corrected chi connectivity index (χ1v) is 5.52. The molecule has 1 aromatic carbocycles. The van der Waals surface area contributed by atoms with E-state index in [0.29, 0.717) is 17.9 Å². The third-order valence-corrected chi connectivity index (χ3v) is 2.89. The fraction of sp³-hybridized carbons (Fsp3) is 0.300. The third kappa shape index (κ3) is 1.92. The summed E-state index contributed by atoms with van der Waals surface area (Å²) in [6.07, 6.45) is 0. The van der Waals surface area contributed by atoms with Crippen molar-refractivity contribution in [3.8, 4) is 11.5 Å². The van der Waals surface area contributed by atoms with Crippen molar-refractivity contribution in [2.75, 3.05) is 13.7 Å². The van der Waals surface area contributed by atoms with Crippen LogP contribution in [-0.2, 0) is 0 Å². The van der Waals surface area contributed by atoms with Gasteiger partial charge >= 0.3 is 6.03 Å². The molecule has 0 bridgehead atoms. The highest BCUT2D eigenvalue weighted by atomic mass is 79.9. The molecule has 1 aliphatic rings. The fourth-order valence-electron chi connectivity index (χ4n) is 1.66. The minimum atomic E-state index is -0.237. The Balaban J connectivity index is 2.40. The molecule has 86 valence electrons. The van der Waals surface area contributed by atoms with E-state index in [2.05, 4.69) is 26.6 Å². The topological polar surface area (TPSA) is 70.6 Å². The van der Waals surface area contributed by atoms with Gasteiger partial charge in [-0.2, -0.15) is 0 Å². The van der Waals surface area contributed by atoms with Crippen molar-refractivity contribution >= 4 is 22.0 Å². The van der Waals surface area contributed by atoms with E-state index < -0.39 is 0 Å². The van der Waals surface area contributed by atoms with Crippen LogP contribution in [0.5, 0.6) is 11.5 Å². The number of phenolic OH excluding ortho intramolecular Hbond substituents is 1. The van der Waals surface area contributed by atoms with E-state index >= 15 is 0 Å². The van der Waals surface area contributed by atoms with Crippen LogP contribution in [0.25, 0.3) is 0 Å². The van der Waals surface area contributed by atoms with Gasteiger partial charge in [0.2, 0.25) is 0 Å². The molecule has 1 atom stereocenters. The Morgan fingerprint density at radius 2 is 2.31 bits per heavy atom. The zero-order valence-electron chi connectivity index (χ0n) is 8.58. The summed E-state index contributed by atoms with van der Waals surface area (Å²) < 4.78 is 5.83. The van der Waals surface area contributed by atoms with Gasteiger partial charge in [0.25, 0.3) is 0 Å². The molecule has 5 nitrogen and oxygen atoms in total. The van der Waals surface area contributed by atoms with Crippen molar-refractivity contribution in [2.24, 2.45) is 0 Å².